The van der Waals surface area contributed by atoms with Gasteiger partial charge in [0.1, 0.15) is 11.2 Å². The molecule has 0 bridgehead atoms. The van der Waals surface area contributed by atoms with Crippen LogP contribution in [0.25, 0.3) is 0 Å². The van der Waals surface area contributed by atoms with Gasteiger partial charge in [-0.3, -0.25) is 14.4 Å². The highest BCUT2D eigenvalue weighted by molar-refractivity contribution is 6.11. The molecule has 2 heterocycles. The Hall–Kier alpha value is -3.20. The number of nitrogens with one attached hydrogen (secondary N) is 2. The molecule has 1 aliphatic heterocycles. The van der Waals surface area contributed by atoms with Crippen LogP contribution in [0, 0.1) is 6.92 Å². The number of aryl methyl sites for hydroxylation is 1. The number of imidazole rings is 1. The second-order valence-corrected chi connectivity index (χ2v) is 8.32. The van der Waals surface area contributed by atoms with Crippen LogP contribution in [0.2, 0.25) is 0 Å². The number of carbonyl (C=O) groups is 3. The molecule has 3 amide bonds. The largest absolute Gasteiger partial charge is 0.383 e. The summed E-state index contributed by atoms with van der Waals surface area (Å²) in [7, 11) is 1.56. The van der Waals surface area contributed by atoms with E-state index in [2.05, 4.69) is 15.6 Å². The number of fused-ring (bicyclic) bond motifs is 1. The Morgan fingerprint density at radius 2 is 1.97 bits per heavy atom. The number of aromatic nitrogens is 2. The minimum Gasteiger partial charge on any atom is -0.383 e. The quantitative estimate of drug-likeness (QED) is 0.656. The minimum atomic E-state index is -1.07. The molecule has 1 fully saturated rings. The maximum absolute atomic E-state index is 13.5. The molecule has 164 valence electrons. The van der Waals surface area contributed by atoms with Crippen LogP contribution >= 0.6 is 0 Å². The Bertz CT molecular complexity index is 1010. The number of hydrogen-bond acceptors (Lipinski definition) is 5. The molecule has 2 N–H and O–H groups in total. The molecule has 2 aliphatic rings. The van der Waals surface area contributed by atoms with E-state index in [1.165, 1.54) is 6.33 Å². The van der Waals surface area contributed by atoms with Crippen molar-refractivity contribution < 1.29 is 19.1 Å². The van der Waals surface area contributed by atoms with Crippen molar-refractivity contribution in [2.75, 3.05) is 25.6 Å². The summed E-state index contributed by atoms with van der Waals surface area (Å²) in [6.45, 7) is 4.71. The lowest BCUT2D eigenvalue weighted by Crippen LogP contribution is -2.65. The van der Waals surface area contributed by atoms with Gasteiger partial charge in [-0.05, 0) is 38.8 Å². The molecule has 0 saturated heterocycles. The number of hydrogen-bond donors (Lipinski definition) is 2. The fourth-order valence-electron chi connectivity index (χ4n) is 4.01. The standard InChI is InChI=1S/C22H27N5O4/c1-14-4-6-15(7-5-14)25-19(28)17-18-20(29)27(16-8-9-16)22(2,12-26(18)13-24-17)21(30)23-10-11-31-3/h4-7,13,16H,8-12H2,1-3H3,(H,23,30)(H,25,28). The first-order chi connectivity index (χ1) is 14.8. The summed E-state index contributed by atoms with van der Waals surface area (Å²) >= 11 is 0. The smallest absolute Gasteiger partial charge is 0.276 e. The Labute approximate surface area is 180 Å². The molecule has 1 saturated carbocycles. The molecule has 2 aromatic rings. The van der Waals surface area contributed by atoms with Gasteiger partial charge in [-0.2, -0.15) is 0 Å². The number of methoxy groups -OCH3 is 1. The van der Waals surface area contributed by atoms with Crippen LogP contribution in [0.4, 0.5) is 5.69 Å². The van der Waals surface area contributed by atoms with Crippen LogP contribution in [0.3, 0.4) is 0 Å². The fraction of sp³-hybridized carbons (Fsp3) is 0.455. The van der Waals surface area contributed by atoms with Gasteiger partial charge in [0.05, 0.1) is 19.5 Å². The molecule has 1 aromatic carbocycles. The maximum Gasteiger partial charge on any atom is 0.276 e. The zero-order valence-electron chi connectivity index (χ0n) is 18.0. The predicted octanol–water partition coefficient (Wildman–Crippen LogP) is 1.58. The zero-order chi connectivity index (χ0) is 22.2. The highest BCUT2D eigenvalue weighted by Gasteiger charge is 2.53. The van der Waals surface area contributed by atoms with E-state index < -0.39 is 11.4 Å². The van der Waals surface area contributed by atoms with Gasteiger partial charge >= 0.3 is 0 Å². The number of nitrogens with zero attached hydrogens (tertiary/aromatic N) is 3. The molecule has 31 heavy (non-hydrogen) atoms. The normalized spacial score (nSPS) is 20.4. The lowest BCUT2D eigenvalue weighted by molar-refractivity contribution is -0.133. The third-order valence-corrected chi connectivity index (χ3v) is 5.79. The second-order valence-electron chi connectivity index (χ2n) is 8.32. The first-order valence-corrected chi connectivity index (χ1v) is 10.4. The van der Waals surface area contributed by atoms with E-state index in [0.717, 1.165) is 18.4 Å². The van der Waals surface area contributed by atoms with Crippen LogP contribution in [0.5, 0.6) is 0 Å². The van der Waals surface area contributed by atoms with Gasteiger partial charge in [0, 0.05) is 25.4 Å². The van der Waals surface area contributed by atoms with Crippen LogP contribution in [-0.2, 0) is 16.1 Å². The fourth-order valence-corrected chi connectivity index (χ4v) is 4.01. The van der Waals surface area contributed by atoms with E-state index in [0.29, 0.717) is 18.8 Å². The van der Waals surface area contributed by atoms with Gasteiger partial charge < -0.3 is 24.8 Å². The summed E-state index contributed by atoms with van der Waals surface area (Å²) in [4.78, 5) is 45.3. The summed E-state index contributed by atoms with van der Waals surface area (Å²) in [6.07, 6.45) is 3.14. The molecule has 1 unspecified atom stereocenters. The van der Waals surface area contributed by atoms with Crippen molar-refractivity contribution in [3.8, 4) is 0 Å². The molecule has 1 aromatic heterocycles. The summed E-state index contributed by atoms with van der Waals surface area (Å²) in [5, 5.41) is 5.65. The van der Waals surface area contributed by atoms with Crippen LogP contribution in [-0.4, -0.2) is 64.0 Å². The zero-order valence-corrected chi connectivity index (χ0v) is 18.0. The Kier molecular flexibility index (Phi) is 5.53. The van der Waals surface area contributed by atoms with Gasteiger partial charge in [0.2, 0.25) is 5.91 Å². The van der Waals surface area contributed by atoms with E-state index in [1.807, 2.05) is 19.1 Å². The third-order valence-electron chi connectivity index (χ3n) is 5.79. The molecule has 4 rings (SSSR count). The van der Waals surface area contributed by atoms with E-state index in [4.69, 9.17) is 4.74 Å². The lowest BCUT2D eigenvalue weighted by atomic mass is 9.94. The topological polar surface area (TPSA) is 106 Å². The molecule has 9 heteroatoms. The van der Waals surface area contributed by atoms with Crippen molar-refractivity contribution in [3.63, 3.8) is 0 Å². The van der Waals surface area contributed by atoms with Gasteiger partial charge in [0.25, 0.3) is 11.8 Å². The number of rotatable bonds is 7. The Morgan fingerprint density at radius 1 is 1.26 bits per heavy atom. The summed E-state index contributed by atoms with van der Waals surface area (Å²) < 4.78 is 6.62. The van der Waals surface area contributed by atoms with Crippen molar-refractivity contribution in [1.82, 2.24) is 19.8 Å². The monoisotopic (exact) mass is 425 g/mol. The minimum absolute atomic E-state index is 0.0117. The first kappa shape index (κ1) is 21.0. The summed E-state index contributed by atoms with van der Waals surface area (Å²) in [5.41, 5.74) is 0.930. The second kappa shape index (κ2) is 8.14. The van der Waals surface area contributed by atoms with Gasteiger partial charge in [0.15, 0.2) is 5.69 Å². The number of anilines is 1. The Morgan fingerprint density at radius 3 is 2.61 bits per heavy atom. The first-order valence-electron chi connectivity index (χ1n) is 10.4. The highest BCUT2D eigenvalue weighted by atomic mass is 16.5. The van der Waals surface area contributed by atoms with Crippen molar-refractivity contribution in [2.24, 2.45) is 0 Å². The maximum atomic E-state index is 13.5. The molecule has 0 spiro atoms. The van der Waals surface area contributed by atoms with E-state index >= 15 is 0 Å². The van der Waals surface area contributed by atoms with Crippen LogP contribution < -0.4 is 10.6 Å². The predicted molar refractivity (Wildman–Crippen MR) is 114 cm³/mol. The van der Waals surface area contributed by atoms with Crippen LogP contribution in [0.1, 0.15) is 46.3 Å². The SMILES string of the molecule is COCCNC(=O)C1(C)Cn2cnc(C(=O)Nc3ccc(C)cc3)c2C(=O)N1C1CC1. The molecule has 1 aliphatic carbocycles. The van der Waals surface area contributed by atoms with E-state index in [9.17, 15) is 14.4 Å². The number of benzene rings is 1. The third kappa shape index (κ3) is 3.93. The molecular weight excluding hydrogens is 398 g/mol. The van der Waals surface area contributed by atoms with E-state index in [-0.39, 0.29) is 35.8 Å². The molecule has 0 radical (unpaired) electrons. The summed E-state index contributed by atoms with van der Waals surface area (Å²) in [5.74, 6) is -1.03. The summed E-state index contributed by atoms with van der Waals surface area (Å²) in [6, 6.07) is 7.38. The van der Waals surface area contributed by atoms with Crippen molar-refractivity contribution >= 4 is 23.4 Å². The van der Waals surface area contributed by atoms with E-state index in [1.54, 1.807) is 35.6 Å². The molecule has 1 atom stereocenters. The van der Waals surface area contributed by atoms with Gasteiger partial charge in [-0.1, -0.05) is 17.7 Å². The van der Waals surface area contributed by atoms with Crippen molar-refractivity contribution in [2.45, 2.75) is 44.8 Å². The molecular formula is C22H27N5O4. The van der Waals surface area contributed by atoms with Crippen molar-refractivity contribution in [3.05, 3.63) is 47.5 Å². The van der Waals surface area contributed by atoms with Gasteiger partial charge in [-0.25, -0.2) is 4.98 Å². The number of ether oxygens (including phenoxy) is 1. The average molecular weight is 425 g/mol. The number of amides is 3. The lowest BCUT2D eigenvalue weighted by Gasteiger charge is -2.44. The highest BCUT2D eigenvalue weighted by Crippen LogP contribution is 2.38. The Balaban J connectivity index is 1.62. The molecule has 9 nitrogen and oxygen atoms in total. The van der Waals surface area contributed by atoms with Crippen LogP contribution in [0.15, 0.2) is 30.6 Å². The van der Waals surface area contributed by atoms with Gasteiger partial charge in [-0.15, -0.1) is 0 Å². The average Bonchev–Trinajstić information content (AvgIpc) is 3.47. The number of carbonyl (C=O) groups excluding carboxylic acids is 3. The van der Waals surface area contributed by atoms with Crippen molar-refractivity contribution in [1.29, 1.82) is 0 Å².